The summed E-state index contributed by atoms with van der Waals surface area (Å²) in [5.41, 5.74) is 1.77. The van der Waals surface area contributed by atoms with Crippen molar-refractivity contribution in [2.45, 2.75) is 20.5 Å². The Morgan fingerprint density at radius 3 is 2.60 bits per heavy atom. The molecule has 0 aliphatic heterocycles. The van der Waals surface area contributed by atoms with E-state index in [1.165, 1.54) is 0 Å². The summed E-state index contributed by atoms with van der Waals surface area (Å²) in [6.45, 7) is 4.18. The van der Waals surface area contributed by atoms with Crippen LogP contribution in [0.2, 0.25) is 0 Å². The normalized spacial score (nSPS) is 10.7. The van der Waals surface area contributed by atoms with E-state index in [1.807, 2.05) is 20.9 Å². The molecule has 2 aromatic heterocycles. The molecule has 0 amide bonds. The van der Waals surface area contributed by atoms with E-state index in [0.29, 0.717) is 24.1 Å². The molecule has 2 aromatic rings. The first-order valence-electron chi connectivity index (χ1n) is 6.27. The Bertz CT molecular complexity index is 609. The second-order valence-electron chi connectivity index (χ2n) is 4.42. The molecule has 0 bridgehead atoms. The molecule has 108 valence electrons. The van der Waals surface area contributed by atoms with Crippen LogP contribution in [0.5, 0.6) is 11.6 Å². The summed E-state index contributed by atoms with van der Waals surface area (Å²) in [5.74, 6) is 2.43. The number of hydrogen-bond acceptors (Lipinski definition) is 6. The topological polar surface area (TPSA) is 74.1 Å². The van der Waals surface area contributed by atoms with Crippen LogP contribution in [0.15, 0.2) is 6.07 Å². The number of ether oxygens (including phenoxy) is 2. The van der Waals surface area contributed by atoms with Crippen molar-refractivity contribution in [1.82, 2.24) is 19.7 Å². The van der Waals surface area contributed by atoms with Crippen LogP contribution in [0.25, 0.3) is 0 Å². The van der Waals surface area contributed by atoms with Crippen molar-refractivity contribution in [2.75, 3.05) is 19.5 Å². The van der Waals surface area contributed by atoms with Crippen LogP contribution in [0.4, 0.5) is 5.82 Å². The van der Waals surface area contributed by atoms with Gasteiger partial charge in [0, 0.05) is 27.3 Å². The van der Waals surface area contributed by atoms with Crippen LogP contribution >= 0.6 is 0 Å². The van der Waals surface area contributed by atoms with Crippen LogP contribution in [-0.4, -0.2) is 33.9 Å². The first-order chi connectivity index (χ1) is 9.55. The molecule has 0 aromatic carbocycles. The van der Waals surface area contributed by atoms with Crippen LogP contribution in [0, 0.1) is 13.8 Å². The van der Waals surface area contributed by atoms with E-state index in [9.17, 15) is 0 Å². The van der Waals surface area contributed by atoms with Crippen molar-refractivity contribution in [1.29, 1.82) is 0 Å². The maximum absolute atomic E-state index is 5.86. The fourth-order valence-corrected chi connectivity index (χ4v) is 1.85. The summed E-state index contributed by atoms with van der Waals surface area (Å²) >= 11 is 0. The van der Waals surface area contributed by atoms with E-state index in [4.69, 9.17) is 9.47 Å². The molecule has 2 rings (SSSR count). The summed E-state index contributed by atoms with van der Waals surface area (Å²) in [6, 6.07) is 1.74. The number of hydrogen-bond donors (Lipinski definition) is 1. The Kier molecular flexibility index (Phi) is 4.19. The van der Waals surface area contributed by atoms with E-state index in [-0.39, 0.29) is 0 Å². The third kappa shape index (κ3) is 2.88. The molecule has 2 heterocycles. The van der Waals surface area contributed by atoms with Crippen molar-refractivity contribution in [3.63, 3.8) is 0 Å². The highest BCUT2D eigenvalue weighted by atomic mass is 16.5. The minimum Gasteiger partial charge on any atom is -0.435 e. The Balaban J connectivity index is 2.34. The number of aryl methyl sites for hydroxylation is 2. The summed E-state index contributed by atoms with van der Waals surface area (Å²) in [5, 5.41) is 7.29. The molecule has 0 atom stereocenters. The molecule has 0 aliphatic carbocycles. The van der Waals surface area contributed by atoms with Gasteiger partial charge in [0.15, 0.2) is 11.6 Å². The monoisotopic (exact) mass is 277 g/mol. The van der Waals surface area contributed by atoms with Gasteiger partial charge in [0.25, 0.3) is 0 Å². The average Bonchev–Trinajstić information content (AvgIpc) is 2.65. The first-order valence-corrected chi connectivity index (χ1v) is 6.27. The van der Waals surface area contributed by atoms with Crippen molar-refractivity contribution in [2.24, 2.45) is 7.05 Å². The molecule has 0 aliphatic rings. The molecule has 7 heteroatoms. The van der Waals surface area contributed by atoms with Gasteiger partial charge < -0.3 is 14.8 Å². The number of rotatable bonds is 5. The zero-order valence-electron chi connectivity index (χ0n) is 12.4. The maximum Gasteiger partial charge on any atom is 0.224 e. The van der Waals surface area contributed by atoms with Gasteiger partial charge in [0.2, 0.25) is 5.88 Å². The summed E-state index contributed by atoms with van der Waals surface area (Å²) < 4.78 is 12.7. The number of nitrogens with zero attached hydrogens (tertiary/aromatic N) is 4. The van der Waals surface area contributed by atoms with Gasteiger partial charge >= 0.3 is 0 Å². The molecule has 20 heavy (non-hydrogen) atoms. The quantitative estimate of drug-likeness (QED) is 0.898. The van der Waals surface area contributed by atoms with E-state index in [1.54, 1.807) is 24.9 Å². The highest BCUT2D eigenvalue weighted by Crippen LogP contribution is 2.27. The van der Waals surface area contributed by atoms with E-state index >= 15 is 0 Å². The average molecular weight is 277 g/mol. The zero-order valence-corrected chi connectivity index (χ0v) is 12.4. The number of anilines is 1. The predicted octanol–water partition coefficient (Wildman–Crippen LogP) is 1.81. The standard InChI is InChI=1S/C13H19N5O2/c1-8-13(9(2)18(4)17-8)20-12-6-10(14-3)15-11(16-12)7-19-5/h6H,7H2,1-5H3,(H,14,15,16). The number of methoxy groups -OCH3 is 1. The lowest BCUT2D eigenvalue weighted by Crippen LogP contribution is -2.03. The lowest BCUT2D eigenvalue weighted by molar-refractivity contribution is 0.177. The minimum absolute atomic E-state index is 0.330. The minimum atomic E-state index is 0.330. The molecule has 0 fully saturated rings. The fourth-order valence-electron chi connectivity index (χ4n) is 1.85. The summed E-state index contributed by atoms with van der Waals surface area (Å²) in [4.78, 5) is 8.61. The van der Waals surface area contributed by atoms with Gasteiger partial charge in [0.1, 0.15) is 18.1 Å². The van der Waals surface area contributed by atoms with Crippen molar-refractivity contribution in [3.8, 4) is 11.6 Å². The lowest BCUT2D eigenvalue weighted by atomic mass is 10.3. The second-order valence-corrected chi connectivity index (χ2v) is 4.42. The van der Waals surface area contributed by atoms with Gasteiger partial charge in [-0.05, 0) is 13.8 Å². The van der Waals surface area contributed by atoms with Gasteiger partial charge in [0.05, 0.1) is 5.69 Å². The third-order valence-electron chi connectivity index (χ3n) is 2.93. The van der Waals surface area contributed by atoms with Crippen LogP contribution in [0.3, 0.4) is 0 Å². The van der Waals surface area contributed by atoms with Gasteiger partial charge in [-0.3, -0.25) is 4.68 Å². The lowest BCUT2D eigenvalue weighted by Gasteiger charge is -2.09. The fraction of sp³-hybridized carbons (Fsp3) is 0.462. The molecule has 1 N–H and O–H groups in total. The Morgan fingerprint density at radius 2 is 2.05 bits per heavy atom. The van der Waals surface area contributed by atoms with Crippen molar-refractivity contribution >= 4 is 5.82 Å². The van der Waals surface area contributed by atoms with Gasteiger partial charge in [-0.1, -0.05) is 0 Å². The van der Waals surface area contributed by atoms with Crippen LogP contribution < -0.4 is 10.1 Å². The number of nitrogens with one attached hydrogen (secondary N) is 1. The first kappa shape index (κ1) is 14.3. The molecule has 0 spiro atoms. The molecule has 0 radical (unpaired) electrons. The second kappa shape index (κ2) is 5.87. The van der Waals surface area contributed by atoms with Crippen LogP contribution in [-0.2, 0) is 18.4 Å². The highest BCUT2D eigenvalue weighted by molar-refractivity contribution is 5.41. The predicted molar refractivity (Wildman–Crippen MR) is 75.0 cm³/mol. The molecule has 0 saturated heterocycles. The van der Waals surface area contributed by atoms with E-state index in [2.05, 4.69) is 20.4 Å². The SMILES string of the molecule is CNc1cc(Oc2c(C)nn(C)c2C)nc(COC)n1. The maximum atomic E-state index is 5.86. The highest BCUT2D eigenvalue weighted by Gasteiger charge is 2.13. The van der Waals surface area contributed by atoms with Gasteiger partial charge in [-0.2, -0.15) is 10.1 Å². The van der Waals surface area contributed by atoms with E-state index < -0.39 is 0 Å². The smallest absolute Gasteiger partial charge is 0.224 e. The van der Waals surface area contributed by atoms with Crippen molar-refractivity contribution < 1.29 is 9.47 Å². The van der Waals surface area contributed by atoms with Crippen LogP contribution in [0.1, 0.15) is 17.2 Å². The van der Waals surface area contributed by atoms with Gasteiger partial charge in [-0.25, -0.2) is 4.98 Å². The Labute approximate surface area is 118 Å². The Hall–Kier alpha value is -2.15. The largest absolute Gasteiger partial charge is 0.435 e. The summed E-state index contributed by atoms with van der Waals surface area (Å²) in [7, 11) is 5.28. The zero-order chi connectivity index (χ0) is 14.7. The molecule has 0 unspecified atom stereocenters. The third-order valence-corrected chi connectivity index (χ3v) is 2.93. The summed E-state index contributed by atoms with van der Waals surface area (Å²) in [6.07, 6.45) is 0. The molecular weight excluding hydrogens is 258 g/mol. The molecule has 0 saturated carbocycles. The molecule has 7 nitrogen and oxygen atoms in total. The molecular formula is C13H19N5O2. The van der Waals surface area contributed by atoms with E-state index in [0.717, 1.165) is 17.1 Å². The Morgan fingerprint density at radius 1 is 1.30 bits per heavy atom. The van der Waals surface area contributed by atoms with Crippen molar-refractivity contribution in [3.05, 3.63) is 23.3 Å². The van der Waals surface area contributed by atoms with Gasteiger partial charge in [-0.15, -0.1) is 0 Å². The number of aromatic nitrogens is 4.